The maximum Gasteiger partial charge on any atom is 0.0772 e. The number of nitrogens with zero attached hydrogens (tertiary/aromatic N) is 1. The van der Waals surface area contributed by atoms with Crippen LogP contribution in [-0.2, 0) is 0 Å². The van der Waals surface area contributed by atoms with Gasteiger partial charge in [0.1, 0.15) is 0 Å². The Morgan fingerprint density at radius 2 is 1.67 bits per heavy atom. The molecule has 0 aliphatic rings. The van der Waals surface area contributed by atoms with E-state index in [1.165, 1.54) is 24.6 Å². The third-order valence-electron chi connectivity index (χ3n) is 3.71. The SMILES string of the molecule is CC=CC(N(C)C)[Si](CC)(CC)CCC. The average Bonchev–Trinajstić information content (AvgIpc) is 2.23. The van der Waals surface area contributed by atoms with E-state index in [1.807, 2.05) is 0 Å². The maximum atomic E-state index is 2.43. The summed E-state index contributed by atoms with van der Waals surface area (Å²) in [7, 11) is 3.34. The monoisotopic (exact) mass is 227 g/mol. The summed E-state index contributed by atoms with van der Waals surface area (Å²) < 4.78 is 0. The van der Waals surface area contributed by atoms with Crippen LogP contribution in [0.2, 0.25) is 18.1 Å². The van der Waals surface area contributed by atoms with Gasteiger partial charge in [-0.15, -0.1) is 0 Å². The van der Waals surface area contributed by atoms with Gasteiger partial charge in [-0.3, -0.25) is 0 Å². The molecule has 0 fully saturated rings. The molecule has 0 spiro atoms. The van der Waals surface area contributed by atoms with E-state index in [0.29, 0.717) is 0 Å². The number of allylic oxidation sites excluding steroid dienone is 1. The molecular formula is C13H29NSi. The first-order chi connectivity index (χ1) is 7.07. The predicted octanol–water partition coefficient (Wildman–Crippen LogP) is 3.93. The number of hydrogen-bond donors (Lipinski definition) is 0. The first-order valence-electron chi connectivity index (χ1n) is 6.37. The minimum atomic E-state index is -1.12. The van der Waals surface area contributed by atoms with Gasteiger partial charge >= 0.3 is 0 Å². The van der Waals surface area contributed by atoms with Gasteiger partial charge in [-0.25, -0.2) is 0 Å². The topological polar surface area (TPSA) is 3.24 Å². The van der Waals surface area contributed by atoms with E-state index >= 15 is 0 Å². The van der Waals surface area contributed by atoms with Crippen LogP contribution in [0, 0.1) is 0 Å². The minimum Gasteiger partial charge on any atom is -0.306 e. The minimum absolute atomic E-state index is 0.720. The van der Waals surface area contributed by atoms with Crippen LogP contribution in [0.5, 0.6) is 0 Å². The van der Waals surface area contributed by atoms with Crippen molar-refractivity contribution >= 4 is 8.07 Å². The first-order valence-corrected chi connectivity index (χ1v) is 9.07. The zero-order chi connectivity index (χ0) is 11.9. The summed E-state index contributed by atoms with van der Waals surface area (Å²) in [5, 5.41) is 0. The Bertz CT molecular complexity index is 183. The molecule has 0 radical (unpaired) electrons. The highest BCUT2D eigenvalue weighted by molar-refractivity contribution is 6.81. The molecule has 0 aromatic heterocycles. The smallest absolute Gasteiger partial charge is 0.0772 e. The van der Waals surface area contributed by atoms with Gasteiger partial charge in [-0.05, 0) is 21.0 Å². The second kappa shape index (κ2) is 7.23. The molecule has 90 valence electrons. The quantitative estimate of drug-likeness (QED) is 0.470. The van der Waals surface area contributed by atoms with Crippen molar-refractivity contribution in [2.45, 2.75) is 57.9 Å². The van der Waals surface area contributed by atoms with Crippen molar-refractivity contribution < 1.29 is 0 Å². The van der Waals surface area contributed by atoms with Crippen LogP contribution in [0.1, 0.15) is 34.1 Å². The zero-order valence-corrected chi connectivity index (χ0v) is 12.5. The van der Waals surface area contributed by atoms with E-state index in [1.54, 1.807) is 0 Å². The molecule has 0 amide bonds. The van der Waals surface area contributed by atoms with Gasteiger partial charge in [0, 0.05) is 5.67 Å². The average molecular weight is 227 g/mol. The summed E-state index contributed by atoms with van der Waals surface area (Å²) in [5.41, 5.74) is 0.720. The van der Waals surface area contributed by atoms with Crippen LogP contribution in [0.3, 0.4) is 0 Å². The largest absolute Gasteiger partial charge is 0.306 e. The Labute approximate surface area is 97.6 Å². The summed E-state index contributed by atoms with van der Waals surface area (Å²) in [6.07, 6.45) is 6.00. The lowest BCUT2D eigenvalue weighted by molar-refractivity contribution is 0.404. The standard InChI is InChI=1S/C13H29NSi/c1-7-11-13(14(5)6)15(9-3,10-4)12-8-2/h7,11,13H,8-10,12H2,1-6H3. The van der Waals surface area contributed by atoms with E-state index in [4.69, 9.17) is 0 Å². The highest BCUT2D eigenvalue weighted by Gasteiger charge is 2.36. The molecule has 1 nitrogen and oxygen atoms in total. The Morgan fingerprint density at radius 3 is 1.93 bits per heavy atom. The molecule has 0 saturated carbocycles. The van der Waals surface area contributed by atoms with Crippen molar-refractivity contribution in [1.82, 2.24) is 4.90 Å². The number of hydrogen-bond acceptors (Lipinski definition) is 1. The van der Waals surface area contributed by atoms with E-state index in [2.05, 4.69) is 58.8 Å². The van der Waals surface area contributed by atoms with Gasteiger partial charge in [-0.2, -0.15) is 0 Å². The zero-order valence-electron chi connectivity index (χ0n) is 11.5. The van der Waals surface area contributed by atoms with Gasteiger partial charge in [0.15, 0.2) is 0 Å². The molecule has 0 N–H and O–H groups in total. The molecule has 2 heteroatoms. The normalized spacial score (nSPS) is 15.1. The van der Waals surface area contributed by atoms with Crippen LogP contribution in [0.15, 0.2) is 12.2 Å². The van der Waals surface area contributed by atoms with E-state index < -0.39 is 8.07 Å². The second-order valence-electron chi connectivity index (χ2n) is 4.75. The van der Waals surface area contributed by atoms with Crippen LogP contribution in [0.25, 0.3) is 0 Å². The van der Waals surface area contributed by atoms with Crippen LogP contribution in [-0.4, -0.2) is 32.7 Å². The lowest BCUT2D eigenvalue weighted by Gasteiger charge is -2.40. The third-order valence-corrected chi connectivity index (χ3v) is 9.99. The maximum absolute atomic E-state index is 2.43. The molecule has 0 aliphatic heterocycles. The molecule has 0 aromatic carbocycles. The highest BCUT2D eigenvalue weighted by Crippen LogP contribution is 2.29. The lowest BCUT2D eigenvalue weighted by Crippen LogP contribution is -2.52. The summed E-state index contributed by atoms with van der Waals surface area (Å²) in [5.74, 6) is 0. The van der Waals surface area contributed by atoms with Crippen molar-refractivity contribution in [3.8, 4) is 0 Å². The molecule has 0 saturated heterocycles. The van der Waals surface area contributed by atoms with Crippen LogP contribution < -0.4 is 0 Å². The molecule has 1 atom stereocenters. The van der Waals surface area contributed by atoms with Crippen molar-refractivity contribution in [1.29, 1.82) is 0 Å². The molecule has 0 bridgehead atoms. The van der Waals surface area contributed by atoms with Gasteiger partial charge < -0.3 is 4.90 Å². The molecule has 0 rings (SSSR count). The molecule has 0 aliphatic carbocycles. The van der Waals surface area contributed by atoms with Gasteiger partial charge in [0.25, 0.3) is 0 Å². The molecular weight excluding hydrogens is 198 g/mol. The number of likely N-dealkylation sites (N-methyl/N-ethyl adjacent to an activating group) is 1. The summed E-state index contributed by atoms with van der Waals surface area (Å²) >= 11 is 0. The van der Waals surface area contributed by atoms with Crippen molar-refractivity contribution in [2.24, 2.45) is 0 Å². The Hall–Kier alpha value is -0.0831. The Morgan fingerprint density at radius 1 is 1.13 bits per heavy atom. The highest BCUT2D eigenvalue weighted by atomic mass is 28.3. The van der Waals surface area contributed by atoms with Crippen LogP contribution in [0.4, 0.5) is 0 Å². The van der Waals surface area contributed by atoms with Crippen LogP contribution >= 0.6 is 0 Å². The Balaban J connectivity index is 4.96. The van der Waals surface area contributed by atoms with Gasteiger partial charge in [0.05, 0.1) is 8.07 Å². The molecule has 15 heavy (non-hydrogen) atoms. The number of rotatable bonds is 7. The predicted molar refractivity (Wildman–Crippen MR) is 74.1 cm³/mol. The van der Waals surface area contributed by atoms with Gasteiger partial charge in [0.2, 0.25) is 0 Å². The lowest BCUT2D eigenvalue weighted by atomic mass is 10.5. The molecule has 0 aromatic rings. The van der Waals surface area contributed by atoms with E-state index in [9.17, 15) is 0 Å². The van der Waals surface area contributed by atoms with Gasteiger partial charge in [-0.1, -0.05) is 57.5 Å². The van der Waals surface area contributed by atoms with E-state index in [0.717, 1.165) is 5.67 Å². The van der Waals surface area contributed by atoms with Crippen molar-refractivity contribution in [3.05, 3.63) is 12.2 Å². The van der Waals surface area contributed by atoms with E-state index in [-0.39, 0.29) is 0 Å². The molecule has 0 heterocycles. The fourth-order valence-electron chi connectivity index (χ4n) is 2.77. The van der Waals surface area contributed by atoms with Crippen molar-refractivity contribution in [3.63, 3.8) is 0 Å². The second-order valence-corrected chi connectivity index (χ2v) is 9.98. The molecule has 1 unspecified atom stereocenters. The third kappa shape index (κ3) is 3.76. The summed E-state index contributed by atoms with van der Waals surface area (Å²) in [4.78, 5) is 2.43. The summed E-state index contributed by atoms with van der Waals surface area (Å²) in [6.45, 7) is 9.26. The fraction of sp³-hybridized carbons (Fsp3) is 0.846. The first kappa shape index (κ1) is 14.9. The fourth-order valence-corrected chi connectivity index (χ4v) is 7.81. The summed E-state index contributed by atoms with van der Waals surface area (Å²) in [6, 6.07) is 4.28. The Kier molecular flexibility index (Phi) is 7.19. The van der Waals surface area contributed by atoms with Crippen molar-refractivity contribution in [2.75, 3.05) is 14.1 Å².